The van der Waals surface area contributed by atoms with Gasteiger partial charge in [-0.15, -0.1) is 21.5 Å². The zero-order valence-corrected chi connectivity index (χ0v) is 19.7. The van der Waals surface area contributed by atoms with Gasteiger partial charge in [-0.3, -0.25) is 9.69 Å². The van der Waals surface area contributed by atoms with E-state index < -0.39 is 0 Å². The number of rotatable bonds is 8. The molecule has 0 bridgehead atoms. The largest absolute Gasteiger partial charge is 0.484 e. The molecule has 32 heavy (non-hydrogen) atoms. The molecule has 1 amide bonds. The number of benzene rings is 2. The number of amides is 1. The quantitative estimate of drug-likeness (QED) is 0.304. The van der Waals surface area contributed by atoms with Gasteiger partial charge in [0.1, 0.15) is 5.75 Å². The summed E-state index contributed by atoms with van der Waals surface area (Å²) in [6.45, 7) is 2.03. The third kappa shape index (κ3) is 5.48. The van der Waals surface area contributed by atoms with Crippen LogP contribution in [0.2, 0.25) is 5.02 Å². The van der Waals surface area contributed by atoms with E-state index in [4.69, 9.17) is 20.8 Å². The van der Waals surface area contributed by atoms with Crippen molar-refractivity contribution in [3.05, 3.63) is 70.4 Å². The van der Waals surface area contributed by atoms with Crippen LogP contribution in [-0.4, -0.2) is 33.9 Å². The molecule has 0 radical (unpaired) electrons. The van der Waals surface area contributed by atoms with E-state index in [-0.39, 0.29) is 18.3 Å². The number of thiazole rings is 1. The van der Waals surface area contributed by atoms with Crippen molar-refractivity contribution < 1.29 is 13.9 Å². The first-order valence-corrected chi connectivity index (χ1v) is 11.9. The van der Waals surface area contributed by atoms with E-state index in [1.165, 1.54) is 28.0 Å². The smallest absolute Gasteiger partial charge is 0.277 e. The average Bonchev–Trinajstić information content (AvgIpc) is 3.48. The summed E-state index contributed by atoms with van der Waals surface area (Å²) in [5.41, 5.74) is 2.78. The molecule has 0 spiro atoms. The first-order chi connectivity index (χ1) is 15.5. The number of hydrogen-bond donors (Lipinski definition) is 0. The summed E-state index contributed by atoms with van der Waals surface area (Å²) in [5.74, 6) is 1.02. The Bertz CT molecular complexity index is 1210. The SMILES string of the molecule is Cc1cc(OCc2nnc(SCC(=O)N(C)c3nc(-c4ccccc4)cs3)o2)ccc1Cl. The van der Waals surface area contributed by atoms with E-state index in [9.17, 15) is 4.79 Å². The molecule has 0 saturated carbocycles. The van der Waals surface area contributed by atoms with E-state index in [0.29, 0.717) is 27.0 Å². The number of aromatic nitrogens is 3. The van der Waals surface area contributed by atoms with Gasteiger partial charge in [0.2, 0.25) is 5.91 Å². The van der Waals surface area contributed by atoms with Gasteiger partial charge in [0.15, 0.2) is 11.7 Å². The molecule has 2 aromatic carbocycles. The van der Waals surface area contributed by atoms with Crippen LogP contribution < -0.4 is 9.64 Å². The van der Waals surface area contributed by atoms with Crippen LogP contribution in [0.25, 0.3) is 11.3 Å². The van der Waals surface area contributed by atoms with Crippen LogP contribution in [0.3, 0.4) is 0 Å². The number of thioether (sulfide) groups is 1. The summed E-state index contributed by atoms with van der Waals surface area (Å²) in [6.07, 6.45) is 0. The molecule has 4 rings (SSSR count). The summed E-state index contributed by atoms with van der Waals surface area (Å²) in [4.78, 5) is 18.7. The molecule has 0 aliphatic heterocycles. The van der Waals surface area contributed by atoms with Gasteiger partial charge >= 0.3 is 0 Å². The number of hydrogen-bond acceptors (Lipinski definition) is 8. The first kappa shape index (κ1) is 22.3. The Morgan fingerprint density at radius 3 is 2.81 bits per heavy atom. The van der Waals surface area contributed by atoms with Crippen molar-refractivity contribution in [3.63, 3.8) is 0 Å². The highest BCUT2D eigenvalue weighted by Gasteiger charge is 2.17. The van der Waals surface area contributed by atoms with Crippen molar-refractivity contribution in [2.45, 2.75) is 18.8 Å². The number of carbonyl (C=O) groups excluding carboxylic acids is 1. The molecule has 4 aromatic rings. The summed E-state index contributed by atoms with van der Waals surface area (Å²) in [6, 6.07) is 15.2. The summed E-state index contributed by atoms with van der Waals surface area (Å²) in [5, 5.41) is 11.5. The molecule has 0 aliphatic rings. The standard InChI is InChI=1S/C22H19ClN4O3S2/c1-14-10-16(8-9-17(14)23)29-11-19-25-26-22(30-19)32-13-20(28)27(2)21-24-18(12-31-21)15-6-4-3-5-7-15/h3-10,12H,11,13H2,1-2H3. The minimum Gasteiger partial charge on any atom is -0.484 e. The number of nitrogens with zero attached hydrogens (tertiary/aromatic N) is 4. The lowest BCUT2D eigenvalue weighted by Gasteiger charge is -2.12. The molecule has 0 atom stereocenters. The Hall–Kier alpha value is -2.88. The van der Waals surface area contributed by atoms with Crippen LogP contribution in [0.1, 0.15) is 11.5 Å². The van der Waals surface area contributed by atoms with Gasteiger partial charge in [-0.25, -0.2) is 4.98 Å². The fraction of sp³-hybridized carbons (Fsp3) is 0.182. The third-order valence-corrected chi connectivity index (χ3v) is 6.63. The van der Waals surface area contributed by atoms with Crippen molar-refractivity contribution >= 4 is 45.7 Å². The van der Waals surface area contributed by atoms with Gasteiger partial charge in [-0.05, 0) is 30.7 Å². The molecule has 10 heteroatoms. The Morgan fingerprint density at radius 1 is 1.22 bits per heavy atom. The Labute approximate surface area is 198 Å². The van der Waals surface area contributed by atoms with Crippen LogP contribution in [0, 0.1) is 6.92 Å². The first-order valence-electron chi connectivity index (χ1n) is 9.61. The average molecular weight is 487 g/mol. The number of ether oxygens (including phenoxy) is 1. The molecule has 7 nitrogen and oxygen atoms in total. The second-order valence-corrected chi connectivity index (χ2v) is 8.95. The van der Waals surface area contributed by atoms with E-state index in [0.717, 1.165) is 16.8 Å². The van der Waals surface area contributed by atoms with Crippen LogP contribution in [-0.2, 0) is 11.4 Å². The van der Waals surface area contributed by atoms with Gasteiger partial charge in [0.05, 0.1) is 11.4 Å². The summed E-state index contributed by atoms with van der Waals surface area (Å²) >= 11 is 8.61. The zero-order chi connectivity index (χ0) is 22.5. The topological polar surface area (TPSA) is 81.4 Å². The lowest BCUT2D eigenvalue weighted by atomic mass is 10.2. The maximum Gasteiger partial charge on any atom is 0.277 e. The van der Waals surface area contributed by atoms with Crippen LogP contribution >= 0.6 is 34.7 Å². The number of carbonyl (C=O) groups is 1. The maximum atomic E-state index is 12.6. The fourth-order valence-corrected chi connectivity index (χ4v) is 4.32. The van der Waals surface area contributed by atoms with Gasteiger partial charge in [0.25, 0.3) is 11.1 Å². The van der Waals surface area contributed by atoms with E-state index in [1.54, 1.807) is 19.2 Å². The highest BCUT2D eigenvalue weighted by molar-refractivity contribution is 7.99. The van der Waals surface area contributed by atoms with Crippen LogP contribution in [0.15, 0.2) is 63.6 Å². The molecular formula is C22H19ClN4O3S2. The molecule has 0 N–H and O–H groups in total. The van der Waals surface area contributed by atoms with Gasteiger partial charge in [-0.1, -0.05) is 53.7 Å². The number of halogens is 1. The monoisotopic (exact) mass is 486 g/mol. The van der Waals surface area contributed by atoms with Crippen molar-refractivity contribution in [2.24, 2.45) is 0 Å². The minimum atomic E-state index is -0.114. The minimum absolute atomic E-state index is 0.114. The predicted molar refractivity (Wildman–Crippen MR) is 127 cm³/mol. The van der Waals surface area contributed by atoms with Gasteiger partial charge in [0, 0.05) is 23.0 Å². The van der Waals surface area contributed by atoms with E-state index >= 15 is 0 Å². The molecule has 2 heterocycles. The summed E-state index contributed by atoms with van der Waals surface area (Å²) < 4.78 is 11.2. The molecule has 2 aromatic heterocycles. The second kappa shape index (κ2) is 10.2. The second-order valence-electron chi connectivity index (χ2n) is 6.78. The Balaban J connectivity index is 1.29. The van der Waals surface area contributed by atoms with Crippen LogP contribution in [0.4, 0.5) is 5.13 Å². The summed E-state index contributed by atoms with van der Waals surface area (Å²) in [7, 11) is 1.71. The maximum absolute atomic E-state index is 12.6. The zero-order valence-electron chi connectivity index (χ0n) is 17.3. The van der Waals surface area contributed by atoms with Gasteiger partial charge in [-0.2, -0.15) is 0 Å². The highest BCUT2D eigenvalue weighted by Crippen LogP contribution is 2.28. The van der Waals surface area contributed by atoms with Crippen molar-refractivity contribution in [1.82, 2.24) is 15.2 Å². The lowest BCUT2D eigenvalue weighted by Crippen LogP contribution is -2.27. The van der Waals surface area contributed by atoms with Crippen molar-refractivity contribution in [2.75, 3.05) is 17.7 Å². The molecule has 0 unspecified atom stereocenters. The Morgan fingerprint density at radius 2 is 2.03 bits per heavy atom. The number of anilines is 1. The van der Waals surface area contributed by atoms with E-state index in [2.05, 4.69) is 15.2 Å². The lowest BCUT2D eigenvalue weighted by molar-refractivity contribution is -0.115. The normalized spacial score (nSPS) is 10.8. The molecule has 0 aliphatic carbocycles. The van der Waals surface area contributed by atoms with Crippen molar-refractivity contribution in [1.29, 1.82) is 0 Å². The third-order valence-electron chi connectivity index (χ3n) is 4.48. The van der Waals surface area contributed by atoms with Gasteiger partial charge < -0.3 is 9.15 Å². The predicted octanol–water partition coefficient (Wildman–Crippen LogP) is 5.49. The number of aryl methyl sites for hydroxylation is 1. The molecule has 164 valence electrons. The van der Waals surface area contributed by atoms with Crippen molar-refractivity contribution in [3.8, 4) is 17.0 Å². The molecule has 0 saturated heterocycles. The van der Waals surface area contributed by atoms with Crippen LogP contribution in [0.5, 0.6) is 5.75 Å². The highest BCUT2D eigenvalue weighted by atomic mass is 35.5. The Kier molecular flexibility index (Phi) is 7.09. The molecule has 0 fully saturated rings. The molecular weight excluding hydrogens is 468 g/mol. The van der Waals surface area contributed by atoms with E-state index in [1.807, 2.05) is 48.7 Å². The fourth-order valence-electron chi connectivity index (χ4n) is 2.69.